The lowest BCUT2D eigenvalue weighted by Crippen LogP contribution is -2.29. The molecule has 0 saturated heterocycles. The summed E-state index contributed by atoms with van der Waals surface area (Å²) < 4.78 is 0. The second-order valence-corrected chi connectivity index (χ2v) is 6.90. The first-order valence-electron chi connectivity index (χ1n) is 6.61. The van der Waals surface area contributed by atoms with Crippen LogP contribution in [-0.4, -0.2) is 24.7 Å². The lowest BCUT2D eigenvalue weighted by atomic mass is 10.2. The van der Waals surface area contributed by atoms with Crippen molar-refractivity contribution in [2.45, 2.75) is 14.7 Å². The quantitative estimate of drug-likeness (QED) is 0.588. The van der Waals surface area contributed by atoms with Crippen LogP contribution in [-0.2, 0) is 0 Å². The van der Waals surface area contributed by atoms with Crippen LogP contribution in [0.5, 0.6) is 0 Å². The van der Waals surface area contributed by atoms with Crippen LogP contribution in [0.4, 0.5) is 5.69 Å². The summed E-state index contributed by atoms with van der Waals surface area (Å²) in [5.41, 5.74) is 7.27. The Morgan fingerprint density at radius 3 is 2.27 bits per heavy atom. The van der Waals surface area contributed by atoms with Crippen molar-refractivity contribution in [2.24, 2.45) is 0 Å². The molecule has 0 atom stereocenters. The molecule has 0 radical (unpaired) electrons. The minimum absolute atomic E-state index is 0.126. The number of para-hydroxylation sites is 1. The van der Waals surface area contributed by atoms with Gasteiger partial charge in [0.1, 0.15) is 0 Å². The lowest BCUT2D eigenvalue weighted by molar-refractivity contribution is 0.0959. The van der Waals surface area contributed by atoms with Crippen LogP contribution in [0.25, 0.3) is 0 Å². The average Bonchev–Trinajstić information content (AvgIpc) is 2.59. The van der Waals surface area contributed by atoms with Crippen LogP contribution in [0.15, 0.2) is 57.2 Å². The van der Waals surface area contributed by atoms with Gasteiger partial charge in [-0.2, -0.15) is 0 Å². The number of carbonyl (C=O) groups is 1. The van der Waals surface area contributed by atoms with Crippen molar-refractivity contribution in [2.75, 3.05) is 24.2 Å². The summed E-state index contributed by atoms with van der Waals surface area (Å²) in [6.07, 6.45) is 6.04. The van der Waals surface area contributed by atoms with Crippen LogP contribution in [0, 0.1) is 0 Å². The molecule has 1 amide bonds. The van der Waals surface area contributed by atoms with Crippen molar-refractivity contribution in [3.05, 3.63) is 48.0 Å². The molecule has 2 rings (SSSR count). The van der Waals surface area contributed by atoms with Crippen molar-refractivity contribution in [1.29, 1.82) is 0 Å². The first kappa shape index (κ1) is 17.1. The molecule has 3 nitrogen and oxygen atoms in total. The molecule has 0 aromatic heterocycles. The highest BCUT2D eigenvalue weighted by Crippen LogP contribution is 2.35. The average molecular weight is 351 g/mol. The summed E-state index contributed by atoms with van der Waals surface area (Å²) in [4.78, 5) is 15.8. The molecule has 0 aliphatic heterocycles. The van der Waals surface area contributed by atoms with E-state index in [1.54, 1.807) is 35.3 Å². The van der Waals surface area contributed by atoms with Crippen molar-refractivity contribution in [1.82, 2.24) is 5.43 Å². The Bertz CT molecular complexity index is 647. The van der Waals surface area contributed by atoms with Crippen molar-refractivity contribution < 1.29 is 4.79 Å². The summed E-state index contributed by atoms with van der Waals surface area (Å²) in [6, 6.07) is 13.7. The third kappa shape index (κ3) is 4.15. The van der Waals surface area contributed by atoms with Crippen LogP contribution >= 0.6 is 35.3 Å². The molecule has 6 heteroatoms. The van der Waals surface area contributed by atoms with Gasteiger partial charge in [-0.1, -0.05) is 18.2 Å². The molecule has 116 valence electrons. The Hall–Kier alpha value is -1.24. The maximum atomic E-state index is 12.5. The summed E-state index contributed by atoms with van der Waals surface area (Å²) in [5.74, 6) is -0.126. The third-order valence-corrected chi connectivity index (χ3v) is 5.47. The zero-order valence-corrected chi connectivity index (χ0v) is 15.1. The Balaban J connectivity index is 2.24. The molecule has 0 unspecified atom stereocenters. The molecular formula is C16H18N2OS3. The molecule has 0 heterocycles. The second-order valence-electron chi connectivity index (χ2n) is 4.36. The van der Waals surface area contributed by atoms with E-state index in [0.29, 0.717) is 5.56 Å². The van der Waals surface area contributed by atoms with Crippen molar-refractivity contribution in [3.8, 4) is 0 Å². The fourth-order valence-electron chi connectivity index (χ4n) is 1.94. The number of hydrogen-bond acceptors (Lipinski definition) is 5. The fourth-order valence-corrected chi connectivity index (χ4v) is 4.16. The van der Waals surface area contributed by atoms with Gasteiger partial charge in [-0.15, -0.1) is 35.3 Å². The smallest absolute Gasteiger partial charge is 0.270 e. The van der Waals surface area contributed by atoms with E-state index < -0.39 is 0 Å². The SMILES string of the molecule is CSc1cc(SC)c(SC)c(C(=O)NNc2ccccc2)c1. The molecule has 2 N–H and O–H groups in total. The summed E-state index contributed by atoms with van der Waals surface area (Å²) in [5, 5.41) is 0. The Morgan fingerprint density at radius 1 is 0.955 bits per heavy atom. The number of rotatable bonds is 6. The van der Waals surface area contributed by atoms with E-state index in [-0.39, 0.29) is 5.91 Å². The molecule has 0 fully saturated rings. The highest BCUT2D eigenvalue weighted by molar-refractivity contribution is 8.01. The largest absolute Gasteiger partial charge is 0.298 e. The molecule has 22 heavy (non-hydrogen) atoms. The molecule has 2 aromatic rings. The van der Waals surface area contributed by atoms with Gasteiger partial charge in [-0.3, -0.25) is 15.6 Å². The zero-order valence-electron chi connectivity index (χ0n) is 12.7. The van der Waals surface area contributed by atoms with Gasteiger partial charge in [-0.25, -0.2) is 0 Å². The van der Waals surface area contributed by atoms with E-state index in [4.69, 9.17) is 0 Å². The van der Waals surface area contributed by atoms with Gasteiger partial charge in [0, 0.05) is 14.7 Å². The number of hydrazine groups is 1. The van der Waals surface area contributed by atoms with E-state index >= 15 is 0 Å². The second kappa shape index (κ2) is 8.41. The number of hydrogen-bond donors (Lipinski definition) is 2. The number of carbonyl (C=O) groups excluding carboxylic acids is 1. The van der Waals surface area contributed by atoms with Crippen molar-refractivity contribution in [3.63, 3.8) is 0 Å². The molecule has 2 aromatic carbocycles. The Morgan fingerprint density at radius 2 is 1.68 bits per heavy atom. The van der Waals surface area contributed by atoms with Gasteiger partial charge < -0.3 is 0 Å². The highest BCUT2D eigenvalue weighted by Gasteiger charge is 2.16. The zero-order chi connectivity index (χ0) is 15.9. The monoisotopic (exact) mass is 350 g/mol. The Labute approximate surface area is 144 Å². The summed E-state index contributed by atoms with van der Waals surface area (Å²) in [6.45, 7) is 0. The number of amides is 1. The first-order valence-corrected chi connectivity index (χ1v) is 10.3. The number of thioether (sulfide) groups is 3. The molecule has 0 aliphatic carbocycles. The van der Waals surface area contributed by atoms with Gasteiger partial charge in [0.25, 0.3) is 5.91 Å². The number of benzene rings is 2. The summed E-state index contributed by atoms with van der Waals surface area (Å²) in [7, 11) is 0. The molecule has 0 saturated carbocycles. The number of nitrogens with one attached hydrogen (secondary N) is 2. The first-order chi connectivity index (χ1) is 10.7. The predicted octanol–water partition coefficient (Wildman–Crippen LogP) is 4.61. The maximum absolute atomic E-state index is 12.5. The lowest BCUT2D eigenvalue weighted by Gasteiger charge is -2.14. The van der Waals surface area contributed by atoms with E-state index in [0.717, 1.165) is 20.4 Å². The van der Waals surface area contributed by atoms with Crippen LogP contribution in [0.2, 0.25) is 0 Å². The van der Waals surface area contributed by atoms with Gasteiger partial charge in [0.15, 0.2) is 0 Å². The van der Waals surface area contributed by atoms with E-state index in [1.807, 2.05) is 55.2 Å². The van der Waals surface area contributed by atoms with Crippen LogP contribution < -0.4 is 10.9 Å². The van der Waals surface area contributed by atoms with Gasteiger partial charge >= 0.3 is 0 Å². The normalized spacial score (nSPS) is 10.3. The number of anilines is 1. The van der Waals surface area contributed by atoms with Gasteiger partial charge in [0.05, 0.1) is 11.3 Å². The van der Waals surface area contributed by atoms with E-state index in [2.05, 4.69) is 16.9 Å². The molecule has 0 bridgehead atoms. The molecule has 0 aliphatic rings. The fraction of sp³-hybridized carbons (Fsp3) is 0.188. The minimum atomic E-state index is -0.126. The van der Waals surface area contributed by atoms with E-state index in [1.165, 1.54) is 0 Å². The van der Waals surface area contributed by atoms with Crippen LogP contribution in [0.1, 0.15) is 10.4 Å². The van der Waals surface area contributed by atoms with Crippen LogP contribution in [0.3, 0.4) is 0 Å². The standard InChI is InChI=1S/C16H18N2OS3/c1-20-12-9-13(15(22-3)14(10-12)21-2)16(19)18-17-11-7-5-4-6-8-11/h4-10,17H,1-3H3,(H,18,19). The topological polar surface area (TPSA) is 41.1 Å². The predicted molar refractivity (Wildman–Crippen MR) is 99.3 cm³/mol. The minimum Gasteiger partial charge on any atom is -0.298 e. The maximum Gasteiger partial charge on any atom is 0.270 e. The third-order valence-electron chi connectivity index (χ3n) is 3.03. The van der Waals surface area contributed by atoms with Crippen molar-refractivity contribution >= 4 is 46.9 Å². The Kier molecular flexibility index (Phi) is 6.54. The molecule has 0 spiro atoms. The summed E-state index contributed by atoms with van der Waals surface area (Å²) >= 11 is 4.90. The highest BCUT2D eigenvalue weighted by atomic mass is 32.2. The van der Waals surface area contributed by atoms with Gasteiger partial charge in [-0.05, 0) is 43.0 Å². The van der Waals surface area contributed by atoms with E-state index in [9.17, 15) is 4.79 Å². The van der Waals surface area contributed by atoms with Gasteiger partial charge in [0.2, 0.25) is 0 Å². The molecular weight excluding hydrogens is 332 g/mol.